The smallest absolute Gasteiger partial charge is 0.238 e. The van der Waals surface area contributed by atoms with Crippen LogP contribution in [0.1, 0.15) is 98.2 Å². The van der Waals surface area contributed by atoms with E-state index in [4.69, 9.17) is 0 Å². The van der Waals surface area contributed by atoms with E-state index in [9.17, 15) is 19.6 Å². The minimum atomic E-state index is -0.688. The molecule has 7 rings (SSSR count). The van der Waals surface area contributed by atoms with E-state index < -0.39 is 16.2 Å². The molecular formula is C38H45N3O3. The molecule has 6 heteroatoms. The van der Waals surface area contributed by atoms with E-state index >= 15 is 0 Å². The van der Waals surface area contributed by atoms with Gasteiger partial charge in [0.2, 0.25) is 5.91 Å². The van der Waals surface area contributed by atoms with E-state index in [1.165, 1.54) is 0 Å². The largest absolute Gasteiger partial charge is 0.295 e. The molecule has 0 spiro atoms. The van der Waals surface area contributed by atoms with E-state index in [1.807, 2.05) is 50.3 Å². The van der Waals surface area contributed by atoms with Crippen molar-refractivity contribution < 1.29 is 14.4 Å². The van der Waals surface area contributed by atoms with Gasteiger partial charge in [0, 0.05) is 16.7 Å². The Labute approximate surface area is 261 Å². The van der Waals surface area contributed by atoms with E-state index in [0.29, 0.717) is 0 Å². The average Bonchev–Trinajstić information content (AvgIpc) is 3.40. The van der Waals surface area contributed by atoms with Crippen molar-refractivity contribution in [3.8, 4) is 6.07 Å². The van der Waals surface area contributed by atoms with Crippen LogP contribution in [0.15, 0.2) is 53.9 Å². The lowest BCUT2D eigenvalue weighted by molar-refractivity contribution is -0.164. The van der Waals surface area contributed by atoms with Gasteiger partial charge in [-0.25, -0.2) is 4.98 Å². The van der Waals surface area contributed by atoms with Gasteiger partial charge in [0.15, 0.2) is 11.6 Å². The first kappa shape index (κ1) is 29.4. The van der Waals surface area contributed by atoms with Gasteiger partial charge in [0.25, 0.3) is 0 Å². The molecule has 1 aromatic heterocycles. The maximum Gasteiger partial charge on any atom is 0.238 e. The predicted molar refractivity (Wildman–Crippen MR) is 169 cm³/mol. The quantitative estimate of drug-likeness (QED) is 0.336. The first-order valence-electron chi connectivity index (χ1n) is 16.5. The van der Waals surface area contributed by atoms with Crippen LogP contribution < -0.4 is 0 Å². The number of allylic oxidation sites excluding steroid dienone is 4. The Morgan fingerprint density at radius 3 is 2.41 bits per heavy atom. The molecule has 0 N–H and O–H groups in total. The van der Waals surface area contributed by atoms with Crippen molar-refractivity contribution in [1.82, 2.24) is 9.55 Å². The summed E-state index contributed by atoms with van der Waals surface area (Å²) < 4.78 is 1.77. The van der Waals surface area contributed by atoms with Crippen LogP contribution in [0.25, 0.3) is 11.0 Å². The van der Waals surface area contributed by atoms with Crippen LogP contribution in [0, 0.1) is 61.6 Å². The molecule has 2 aromatic rings. The normalized spacial score (nSPS) is 40.5. The fourth-order valence-corrected chi connectivity index (χ4v) is 11.4. The SMILES string of the molecule is CC1(C)CC[C@]2(C(=O)n3cnc4ccccc43)CC[C@]3(C)C(C(=O)C=C4[C@@]5(C)C=C(C#N)C(=O)C(C)(C)[C@@H]5CC[C@]43C)C2C1. The van der Waals surface area contributed by atoms with Crippen LogP contribution in [0.3, 0.4) is 0 Å². The summed E-state index contributed by atoms with van der Waals surface area (Å²) in [7, 11) is 0. The van der Waals surface area contributed by atoms with Gasteiger partial charge < -0.3 is 0 Å². The lowest BCUT2D eigenvalue weighted by atomic mass is 9.34. The second-order valence-corrected chi connectivity index (χ2v) is 16.8. The minimum Gasteiger partial charge on any atom is -0.295 e. The van der Waals surface area contributed by atoms with E-state index in [1.54, 1.807) is 10.9 Å². The van der Waals surface area contributed by atoms with Gasteiger partial charge in [0.1, 0.15) is 12.4 Å². The summed E-state index contributed by atoms with van der Waals surface area (Å²) in [6.07, 6.45) is 11.3. The summed E-state index contributed by atoms with van der Waals surface area (Å²) in [5.41, 5.74) is 0.428. The molecule has 0 amide bonds. The van der Waals surface area contributed by atoms with Crippen molar-refractivity contribution in [2.24, 2.45) is 50.2 Å². The summed E-state index contributed by atoms with van der Waals surface area (Å²) in [6, 6.07) is 10.00. The van der Waals surface area contributed by atoms with E-state index in [2.05, 4.69) is 45.7 Å². The van der Waals surface area contributed by atoms with Gasteiger partial charge in [-0.3, -0.25) is 19.0 Å². The number of imidazole rings is 1. The van der Waals surface area contributed by atoms with E-state index in [0.717, 1.165) is 61.6 Å². The Morgan fingerprint density at radius 1 is 0.977 bits per heavy atom. The molecule has 0 saturated heterocycles. The van der Waals surface area contributed by atoms with Crippen LogP contribution in [0.5, 0.6) is 0 Å². The van der Waals surface area contributed by atoms with Gasteiger partial charge in [-0.15, -0.1) is 0 Å². The first-order valence-corrected chi connectivity index (χ1v) is 16.5. The van der Waals surface area contributed by atoms with Crippen molar-refractivity contribution in [3.63, 3.8) is 0 Å². The van der Waals surface area contributed by atoms with Gasteiger partial charge >= 0.3 is 0 Å². The Hall–Kier alpha value is -3.33. The van der Waals surface area contributed by atoms with Crippen molar-refractivity contribution in [2.75, 3.05) is 0 Å². The molecule has 3 saturated carbocycles. The average molecular weight is 592 g/mol. The van der Waals surface area contributed by atoms with Crippen LogP contribution >= 0.6 is 0 Å². The molecule has 2 unspecified atom stereocenters. The molecule has 0 bridgehead atoms. The number of rotatable bonds is 1. The number of nitriles is 1. The lowest BCUT2D eigenvalue weighted by Crippen LogP contribution is -2.66. The number of fused-ring (bicyclic) bond motifs is 8. The minimum absolute atomic E-state index is 0.0132. The summed E-state index contributed by atoms with van der Waals surface area (Å²) in [5, 5.41) is 9.99. The molecule has 7 atom stereocenters. The molecule has 6 nitrogen and oxygen atoms in total. The second kappa shape index (κ2) is 8.89. The number of ketones is 2. The Morgan fingerprint density at radius 2 is 1.68 bits per heavy atom. The molecule has 3 fully saturated rings. The molecular weight excluding hydrogens is 546 g/mol. The fraction of sp³-hybridized carbons (Fsp3) is 0.605. The number of carbonyl (C=O) groups excluding carboxylic acids is 3. The highest BCUT2D eigenvalue weighted by atomic mass is 16.2. The summed E-state index contributed by atoms with van der Waals surface area (Å²) in [6.45, 7) is 15.4. The molecule has 0 radical (unpaired) electrons. The van der Waals surface area contributed by atoms with E-state index in [-0.39, 0.29) is 57.0 Å². The number of benzene rings is 1. The van der Waals surface area contributed by atoms with Crippen molar-refractivity contribution in [2.45, 2.75) is 93.4 Å². The zero-order valence-corrected chi connectivity index (χ0v) is 27.3. The Bertz CT molecular complexity index is 1750. The van der Waals surface area contributed by atoms with Crippen molar-refractivity contribution in [1.29, 1.82) is 5.26 Å². The molecule has 0 aliphatic heterocycles. The molecule has 1 heterocycles. The zero-order valence-electron chi connectivity index (χ0n) is 27.3. The summed E-state index contributed by atoms with van der Waals surface area (Å²) in [5.74, 6) is -0.221. The number of nitrogens with zero attached hydrogens (tertiary/aromatic N) is 3. The van der Waals surface area contributed by atoms with Gasteiger partial charge in [-0.1, -0.05) is 72.2 Å². The fourth-order valence-electron chi connectivity index (χ4n) is 11.4. The number of para-hydroxylation sites is 2. The second-order valence-electron chi connectivity index (χ2n) is 16.8. The van der Waals surface area contributed by atoms with Crippen molar-refractivity contribution in [3.05, 3.63) is 53.9 Å². The van der Waals surface area contributed by atoms with Crippen LogP contribution in [0.2, 0.25) is 0 Å². The van der Waals surface area contributed by atoms with Gasteiger partial charge in [-0.05, 0) is 91.2 Å². The molecule has 1 aromatic carbocycles. The van der Waals surface area contributed by atoms with Crippen LogP contribution in [-0.4, -0.2) is 27.0 Å². The highest BCUT2D eigenvalue weighted by Gasteiger charge is 2.71. The third-order valence-corrected chi connectivity index (χ3v) is 14.0. The summed E-state index contributed by atoms with van der Waals surface area (Å²) in [4.78, 5) is 47.5. The Balaban J connectivity index is 1.39. The van der Waals surface area contributed by atoms with Gasteiger partial charge in [0.05, 0.1) is 22.0 Å². The third kappa shape index (κ3) is 3.47. The van der Waals surface area contributed by atoms with Crippen LogP contribution in [0.4, 0.5) is 0 Å². The topological polar surface area (TPSA) is 92.8 Å². The number of aromatic nitrogens is 2. The molecule has 44 heavy (non-hydrogen) atoms. The third-order valence-electron chi connectivity index (χ3n) is 14.0. The maximum atomic E-state index is 14.8. The predicted octanol–water partition coefficient (Wildman–Crippen LogP) is 7.90. The maximum absolute atomic E-state index is 14.8. The standard InChI is InChI=1S/C38H45N3O3/c1-33(2)14-16-38(32(44)41-22-40-25-10-8-9-11-26(25)41)17-15-37(7)30(24(38)20-33)27(42)18-29-35(5)19-23(21-39)31(43)34(3,4)28(35)12-13-36(29,37)6/h8-11,18-19,22,24,28,30H,12-17,20H2,1-7H3/t24?,28-,30?,35-,36+,37+,38-/m0/s1. The highest BCUT2D eigenvalue weighted by molar-refractivity contribution is 6.05. The number of hydrogen-bond donors (Lipinski definition) is 0. The highest BCUT2D eigenvalue weighted by Crippen LogP contribution is 2.74. The van der Waals surface area contributed by atoms with Crippen LogP contribution in [-0.2, 0) is 9.59 Å². The Kier molecular flexibility index (Phi) is 5.94. The molecule has 5 aliphatic rings. The van der Waals surface area contributed by atoms with Crippen molar-refractivity contribution >= 4 is 28.5 Å². The number of Topliss-reactive ketones (excluding diaryl/α,β-unsaturated/α-hetero) is 1. The summed E-state index contributed by atoms with van der Waals surface area (Å²) >= 11 is 0. The number of carbonyl (C=O) groups is 3. The molecule has 5 aliphatic carbocycles. The monoisotopic (exact) mass is 591 g/mol. The lowest BCUT2D eigenvalue weighted by Gasteiger charge is -2.69. The van der Waals surface area contributed by atoms with Gasteiger partial charge in [-0.2, -0.15) is 5.26 Å². The number of hydrogen-bond acceptors (Lipinski definition) is 5. The zero-order chi connectivity index (χ0) is 31.7. The first-order chi connectivity index (χ1) is 20.6. The molecule has 230 valence electrons.